The van der Waals surface area contributed by atoms with Crippen LogP contribution in [0.15, 0.2) is 0 Å². The maximum Gasteiger partial charge on any atom is 0.228 e. The Kier molecular flexibility index (Phi) is 4.12. The SMILES string of the molecule is CC1OCCC1C(=O)N1CCN(C(C)(C)C#N)CC1. The Hall–Kier alpha value is -1.12. The van der Waals surface area contributed by atoms with Crippen molar-refractivity contribution in [1.82, 2.24) is 9.80 Å². The maximum atomic E-state index is 12.4. The van der Waals surface area contributed by atoms with Gasteiger partial charge in [-0.15, -0.1) is 0 Å². The Bertz CT molecular complexity index is 381. The summed E-state index contributed by atoms with van der Waals surface area (Å²) in [6.45, 7) is 9.50. The van der Waals surface area contributed by atoms with Crippen molar-refractivity contribution in [3.8, 4) is 6.07 Å². The average Bonchev–Trinajstić information content (AvgIpc) is 2.84. The maximum absolute atomic E-state index is 12.4. The van der Waals surface area contributed by atoms with Gasteiger partial charge in [0.15, 0.2) is 0 Å². The van der Waals surface area contributed by atoms with Gasteiger partial charge in [-0.05, 0) is 27.2 Å². The molecule has 2 atom stereocenters. The van der Waals surface area contributed by atoms with Gasteiger partial charge < -0.3 is 9.64 Å². The van der Waals surface area contributed by atoms with Crippen LogP contribution in [0.1, 0.15) is 27.2 Å². The topological polar surface area (TPSA) is 56.6 Å². The minimum atomic E-state index is -0.446. The minimum absolute atomic E-state index is 0.0236. The van der Waals surface area contributed by atoms with E-state index in [1.165, 1.54) is 0 Å². The van der Waals surface area contributed by atoms with E-state index >= 15 is 0 Å². The van der Waals surface area contributed by atoms with Gasteiger partial charge in [0.1, 0.15) is 5.54 Å². The quantitative estimate of drug-likeness (QED) is 0.743. The predicted molar refractivity (Wildman–Crippen MR) is 71.4 cm³/mol. The number of ether oxygens (including phenoxy) is 1. The highest BCUT2D eigenvalue weighted by Gasteiger charge is 2.36. The first-order valence-corrected chi connectivity index (χ1v) is 7.02. The standard InChI is InChI=1S/C14H23N3O2/c1-11-12(4-9-19-11)13(18)16-5-7-17(8-6-16)14(2,3)10-15/h11-12H,4-9H2,1-3H3. The molecule has 0 aromatic rings. The van der Waals surface area contributed by atoms with E-state index < -0.39 is 5.54 Å². The van der Waals surface area contributed by atoms with Crippen molar-refractivity contribution in [3.63, 3.8) is 0 Å². The summed E-state index contributed by atoms with van der Waals surface area (Å²) in [6, 6.07) is 2.32. The minimum Gasteiger partial charge on any atom is -0.378 e. The zero-order valence-corrected chi connectivity index (χ0v) is 12.1. The molecule has 2 fully saturated rings. The molecule has 2 aliphatic heterocycles. The van der Waals surface area contributed by atoms with Gasteiger partial charge in [0, 0.05) is 32.8 Å². The molecule has 0 N–H and O–H groups in total. The normalized spacial score (nSPS) is 29.3. The predicted octanol–water partition coefficient (Wildman–Crippen LogP) is 0.858. The van der Waals surface area contributed by atoms with Crippen molar-refractivity contribution < 1.29 is 9.53 Å². The third-order valence-electron chi connectivity index (χ3n) is 4.35. The third kappa shape index (κ3) is 2.90. The zero-order chi connectivity index (χ0) is 14.0. The number of carbonyl (C=O) groups is 1. The first-order valence-electron chi connectivity index (χ1n) is 7.02. The summed E-state index contributed by atoms with van der Waals surface area (Å²) >= 11 is 0. The average molecular weight is 265 g/mol. The highest BCUT2D eigenvalue weighted by molar-refractivity contribution is 5.79. The molecule has 5 nitrogen and oxygen atoms in total. The van der Waals surface area contributed by atoms with Crippen molar-refractivity contribution >= 4 is 5.91 Å². The van der Waals surface area contributed by atoms with Crippen LogP contribution in [0.4, 0.5) is 0 Å². The van der Waals surface area contributed by atoms with E-state index in [-0.39, 0.29) is 17.9 Å². The Morgan fingerprint density at radius 2 is 1.95 bits per heavy atom. The van der Waals surface area contributed by atoms with Gasteiger partial charge in [0.05, 0.1) is 18.1 Å². The molecule has 2 saturated heterocycles. The summed E-state index contributed by atoms with van der Waals surface area (Å²) < 4.78 is 5.47. The van der Waals surface area contributed by atoms with Crippen LogP contribution in [0.2, 0.25) is 0 Å². The molecular weight excluding hydrogens is 242 g/mol. The second-order valence-corrected chi connectivity index (χ2v) is 5.95. The second-order valence-electron chi connectivity index (χ2n) is 5.95. The molecule has 2 rings (SSSR count). The molecule has 0 aromatic heterocycles. The van der Waals surface area contributed by atoms with E-state index in [0.29, 0.717) is 19.7 Å². The van der Waals surface area contributed by atoms with E-state index in [1.54, 1.807) is 0 Å². The highest BCUT2D eigenvalue weighted by atomic mass is 16.5. The van der Waals surface area contributed by atoms with Crippen molar-refractivity contribution in [2.75, 3.05) is 32.8 Å². The van der Waals surface area contributed by atoms with Crippen LogP contribution < -0.4 is 0 Å². The van der Waals surface area contributed by atoms with E-state index in [1.807, 2.05) is 25.7 Å². The monoisotopic (exact) mass is 265 g/mol. The molecule has 0 saturated carbocycles. The zero-order valence-electron chi connectivity index (χ0n) is 12.1. The lowest BCUT2D eigenvalue weighted by atomic mass is 9.99. The van der Waals surface area contributed by atoms with Crippen LogP contribution in [0.25, 0.3) is 0 Å². The molecule has 106 valence electrons. The molecule has 0 aliphatic carbocycles. The Balaban J connectivity index is 1.90. The van der Waals surface area contributed by atoms with Crippen LogP contribution >= 0.6 is 0 Å². The van der Waals surface area contributed by atoms with Gasteiger partial charge in [-0.25, -0.2) is 0 Å². The molecule has 2 heterocycles. The summed E-state index contributed by atoms with van der Waals surface area (Å²) in [5.74, 6) is 0.245. The molecule has 0 spiro atoms. The number of hydrogen-bond donors (Lipinski definition) is 0. The smallest absolute Gasteiger partial charge is 0.228 e. The molecular formula is C14H23N3O2. The lowest BCUT2D eigenvalue weighted by Crippen LogP contribution is -2.56. The van der Waals surface area contributed by atoms with Crippen molar-refractivity contribution in [2.24, 2.45) is 5.92 Å². The highest BCUT2D eigenvalue weighted by Crippen LogP contribution is 2.24. The molecule has 0 radical (unpaired) electrons. The lowest BCUT2D eigenvalue weighted by molar-refractivity contribution is -0.139. The second kappa shape index (κ2) is 5.48. The van der Waals surface area contributed by atoms with E-state index in [9.17, 15) is 4.79 Å². The molecule has 2 unspecified atom stereocenters. The van der Waals surface area contributed by atoms with Gasteiger partial charge in [-0.2, -0.15) is 5.26 Å². The number of hydrogen-bond acceptors (Lipinski definition) is 4. The van der Waals surface area contributed by atoms with Gasteiger partial charge >= 0.3 is 0 Å². The molecule has 1 amide bonds. The molecule has 5 heteroatoms. The summed E-state index contributed by atoms with van der Waals surface area (Å²) in [5, 5.41) is 9.14. The van der Waals surface area contributed by atoms with E-state index in [0.717, 1.165) is 19.5 Å². The van der Waals surface area contributed by atoms with Crippen LogP contribution in [0.3, 0.4) is 0 Å². The van der Waals surface area contributed by atoms with Gasteiger partial charge in [0.2, 0.25) is 5.91 Å². The molecule has 0 aromatic carbocycles. The molecule has 19 heavy (non-hydrogen) atoms. The number of nitriles is 1. The molecule has 2 aliphatic rings. The summed E-state index contributed by atoms with van der Waals surface area (Å²) in [4.78, 5) is 16.5. The fraction of sp³-hybridized carbons (Fsp3) is 0.857. The molecule has 0 bridgehead atoms. The number of rotatable bonds is 2. The number of nitrogens with zero attached hydrogens (tertiary/aromatic N) is 3. The Morgan fingerprint density at radius 1 is 1.32 bits per heavy atom. The van der Waals surface area contributed by atoms with Gasteiger partial charge in [-0.1, -0.05) is 0 Å². The van der Waals surface area contributed by atoms with Crippen molar-refractivity contribution in [3.05, 3.63) is 0 Å². The van der Waals surface area contributed by atoms with Crippen LogP contribution in [-0.4, -0.2) is 60.1 Å². The van der Waals surface area contributed by atoms with Crippen LogP contribution in [0.5, 0.6) is 0 Å². The summed E-state index contributed by atoms with van der Waals surface area (Å²) in [6.07, 6.45) is 0.880. The number of carbonyl (C=O) groups excluding carboxylic acids is 1. The van der Waals surface area contributed by atoms with Gasteiger partial charge in [0.25, 0.3) is 0 Å². The first kappa shape index (κ1) is 14.3. The Labute approximate surface area is 115 Å². The van der Waals surface area contributed by atoms with E-state index in [4.69, 9.17) is 10.00 Å². The number of amides is 1. The number of piperazine rings is 1. The van der Waals surface area contributed by atoms with Gasteiger partial charge in [-0.3, -0.25) is 9.69 Å². The van der Waals surface area contributed by atoms with E-state index in [2.05, 4.69) is 11.0 Å². The van der Waals surface area contributed by atoms with Crippen LogP contribution in [0, 0.1) is 17.2 Å². The first-order chi connectivity index (χ1) is 8.95. The van der Waals surface area contributed by atoms with Crippen LogP contribution in [-0.2, 0) is 9.53 Å². The summed E-state index contributed by atoms with van der Waals surface area (Å²) in [5.41, 5.74) is -0.446. The fourth-order valence-electron chi connectivity index (χ4n) is 2.85. The van der Waals surface area contributed by atoms with Crippen molar-refractivity contribution in [1.29, 1.82) is 5.26 Å². The fourth-order valence-corrected chi connectivity index (χ4v) is 2.85. The third-order valence-corrected chi connectivity index (χ3v) is 4.35. The van der Waals surface area contributed by atoms with Crippen molar-refractivity contribution in [2.45, 2.75) is 38.8 Å². The lowest BCUT2D eigenvalue weighted by Gasteiger charge is -2.41. The largest absolute Gasteiger partial charge is 0.378 e. The Morgan fingerprint density at radius 3 is 2.42 bits per heavy atom. The summed E-state index contributed by atoms with van der Waals surface area (Å²) in [7, 11) is 0.